The molecule has 3 rings (SSSR count). The quantitative estimate of drug-likeness (QED) is 0.792. The summed E-state index contributed by atoms with van der Waals surface area (Å²) >= 11 is 1.66. The molecule has 0 aliphatic heterocycles. The smallest absolute Gasteiger partial charge is 0.137 e. The Bertz CT molecular complexity index is 642. The summed E-state index contributed by atoms with van der Waals surface area (Å²) in [6.45, 7) is 2.73. The Morgan fingerprint density at radius 2 is 2.32 bits per heavy atom. The summed E-state index contributed by atoms with van der Waals surface area (Å²) in [6.07, 6.45) is 7.15. The van der Waals surface area contributed by atoms with Crippen LogP contribution in [0.1, 0.15) is 10.7 Å². The van der Waals surface area contributed by atoms with Gasteiger partial charge in [0.1, 0.15) is 12.1 Å². The monoisotopic (exact) mass is 271 g/mol. The van der Waals surface area contributed by atoms with Gasteiger partial charge in [0.05, 0.1) is 29.1 Å². The molecule has 0 bridgehead atoms. The molecule has 96 valence electrons. The summed E-state index contributed by atoms with van der Waals surface area (Å²) in [4.78, 5) is 12.8. The average Bonchev–Trinajstić information content (AvgIpc) is 3.08. The van der Waals surface area contributed by atoms with E-state index in [4.69, 9.17) is 0 Å². The molecular formula is C13H13N5S. The zero-order valence-electron chi connectivity index (χ0n) is 10.4. The number of nitrogens with one attached hydrogen (secondary N) is 1. The van der Waals surface area contributed by atoms with Gasteiger partial charge < -0.3 is 5.32 Å². The molecule has 0 unspecified atom stereocenters. The zero-order chi connectivity index (χ0) is 13.1. The lowest BCUT2D eigenvalue weighted by Gasteiger charge is -2.05. The summed E-state index contributed by atoms with van der Waals surface area (Å²) in [5.74, 6) is 0.854. The van der Waals surface area contributed by atoms with Crippen molar-refractivity contribution in [3.05, 3.63) is 53.1 Å². The Morgan fingerprint density at radius 3 is 2.95 bits per heavy atom. The maximum absolute atomic E-state index is 4.41. The van der Waals surface area contributed by atoms with Gasteiger partial charge in [0.2, 0.25) is 0 Å². The molecular weight excluding hydrogens is 258 g/mol. The van der Waals surface area contributed by atoms with Gasteiger partial charge in [-0.2, -0.15) is 0 Å². The van der Waals surface area contributed by atoms with E-state index < -0.39 is 0 Å². The van der Waals surface area contributed by atoms with Crippen molar-refractivity contribution in [2.75, 3.05) is 5.32 Å². The van der Waals surface area contributed by atoms with Crippen molar-refractivity contribution in [3.63, 3.8) is 0 Å². The van der Waals surface area contributed by atoms with Crippen LogP contribution in [-0.2, 0) is 6.54 Å². The maximum atomic E-state index is 4.41. The fourth-order valence-electron chi connectivity index (χ4n) is 1.72. The van der Waals surface area contributed by atoms with Crippen LogP contribution in [0.25, 0.3) is 5.82 Å². The zero-order valence-corrected chi connectivity index (χ0v) is 11.3. The molecule has 1 N–H and O–H groups in total. The van der Waals surface area contributed by atoms with Crippen LogP contribution >= 0.6 is 11.3 Å². The summed E-state index contributed by atoms with van der Waals surface area (Å²) in [5, 5.41) is 6.46. The highest BCUT2D eigenvalue weighted by Crippen LogP contribution is 2.12. The van der Waals surface area contributed by atoms with Crippen LogP contribution in [0, 0.1) is 6.92 Å². The molecule has 0 saturated heterocycles. The van der Waals surface area contributed by atoms with E-state index in [0.29, 0.717) is 0 Å². The minimum atomic E-state index is 0.719. The van der Waals surface area contributed by atoms with Gasteiger partial charge in [-0.1, -0.05) is 0 Å². The third-order valence-corrected chi connectivity index (χ3v) is 3.48. The molecule has 0 spiro atoms. The first kappa shape index (κ1) is 11.9. The van der Waals surface area contributed by atoms with Gasteiger partial charge in [0.15, 0.2) is 0 Å². The van der Waals surface area contributed by atoms with Gasteiger partial charge in [0.25, 0.3) is 0 Å². The van der Waals surface area contributed by atoms with Gasteiger partial charge in [-0.3, -0.25) is 4.57 Å². The van der Waals surface area contributed by atoms with E-state index in [1.165, 1.54) is 0 Å². The Morgan fingerprint density at radius 1 is 1.37 bits per heavy atom. The molecule has 3 aromatic heterocycles. The molecule has 0 radical (unpaired) electrons. The standard InChI is InChI=1S/C13H13N5S/c1-10-17-12(8-19-10)7-15-11-2-3-13(16-6-11)18-5-4-14-9-18/h2-6,8-9,15H,7H2,1H3. The van der Waals surface area contributed by atoms with Crippen LogP contribution in [0.4, 0.5) is 5.69 Å². The second-order valence-electron chi connectivity index (χ2n) is 4.09. The number of aryl methyl sites for hydroxylation is 1. The number of imidazole rings is 1. The van der Waals surface area contributed by atoms with E-state index in [2.05, 4.69) is 25.6 Å². The van der Waals surface area contributed by atoms with Gasteiger partial charge in [-0.25, -0.2) is 15.0 Å². The van der Waals surface area contributed by atoms with E-state index in [9.17, 15) is 0 Å². The summed E-state index contributed by atoms with van der Waals surface area (Å²) in [5.41, 5.74) is 2.04. The normalized spacial score (nSPS) is 10.6. The summed E-state index contributed by atoms with van der Waals surface area (Å²) in [6, 6.07) is 3.96. The Kier molecular flexibility index (Phi) is 3.24. The number of pyridine rings is 1. The lowest BCUT2D eigenvalue weighted by molar-refractivity contribution is 0.988. The molecule has 0 fully saturated rings. The largest absolute Gasteiger partial charge is 0.378 e. The average molecular weight is 271 g/mol. The minimum Gasteiger partial charge on any atom is -0.378 e. The van der Waals surface area contributed by atoms with Gasteiger partial charge >= 0.3 is 0 Å². The minimum absolute atomic E-state index is 0.719. The molecule has 0 atom stereocenters. The molecule has 19 heavy (non-hydrogen) atoms. The highest BCUT2D eigenvalue weighted by molar-refractivity contribution is 7.09. The van der Waals surface area contributed by atoms with Crippen molar-refractivity contribution in [2.45, 2.75) is 13.5 Å². The molecule has 5 nitrogen and oxygen atoms in total. The summed E-state index contributed by atoms with van der Waals surface area (Å²) in [7, 11) is 0. The number of anilines is 1. The van der Waals surface area contributed by atoms with Crippen molar-refractivity contribution in [1.82, 2.24) is 19.5 Å². The number of aromatic nitrogens is 4. The predicted molar refractivity (Wildman–Crippen MR) is 75.5 cm³/mol. The second-order valence-corrected chi connectivity index (χ2v) is 5.15. The Balaban J connectivity index is 1.66. The molecule has 0 aliphatic carbocycles. The first-order valence-electron chi connectivity index (χ1n) is 5.90. The predicted octanol–water partition coefficient (Wildman–Crippen LogP) is 2.64. The lowest BCUT2D eigenvalue weighted by Crippen LogP contribution is -2.01. The highest BCUT2D eigenvalue weighted by atomic mass is 32.1. The number of hydrogen-bond acceptors (Lipinski definition) is 5. The lowest BCUT2D eigenvalue weighted by atomic mass is 10.4. The van der Waals surface area contributed by atoms with Crippen LogP contribution in [0.5, 0.6) is 0 Å². The van der Waals surface area contributed by atoms with E-state index in [1.54, 1.807) is 23.9 Å². The first-order valence-corrected chi connectivity index (χ1v) is 6.78. The fourth-order valence-corrected chi connectivity index (χ4v) is 2.33. The van der Waals surface area contributed by atoms with E-state index in [1.807, 2.05) is 36.0 Å². The van der Waals surface area contributed by atoms with Crippen molar-refractivity contribution in [1.29, 1.82) is 0 Å². The van der Waals surface area contributed by atoms with Crippen LogP contribution in [0.15, 0.2) is 42.4 Å². The van der Waals surface area contributed by atoms with Crippen molar-refractivity contribution < 1.29 is 0 Å². The van der Waals surface area contributed by atoms with Crippen molar-refractivity contribution >= 4 is 17.0 Å². The Labute approximate surface area is 115 Å². The van der Waals surface area contributed by atoms with Gasteiger partial charge in [-0.15, -0.1) is 11.3 Å². The van der Waals surface area contributed by atoms with Crippen LogP contribution in [-0.4, -0.2) is 19.5 Å². The highest BCUT2D eigenvalue weighted by Gasteiger charge is 2.00. The van der Waals surface area contributed by atoms with Crippen LogP contribution in [0.3, 0.4) is 0 Å². The van der Waals surface area contributed by atoms with Crippen molar-refractivity contribution in [2.24, 2.45) is 0 Å². The molecule has 3 aromatic rings. The SMILES string of the molecule is Cc1nc(CNc2ccc(-n3ccnc3)nc2)cs1. The number of nitrogens with zero attached hydrogens (tertiary/aromatic N) is 4. The second kappa shape index (κ2) is 5.19. The van der Waals surface area contributed by atoms with Crippen LogP contribution in [0.2, 0.25) is 0 Å². The van der Waals surface area contributed by atoms with E-state index in [-0.39, 0.29) is 0 Å². The fraction of sp³-hybridized carbons (Fsp3) is 0.154. The van der Waals surface area contributed by atoms with E-state index in [0.717, 1.165) is 28.8 Å². The topological polar surface area (TPSA) is 55.6 Å². The van der Waals surface area contributed by atoms with Crippen LogP contribution < -0.4 is 5.32 Å². The number of rotatable bonds is 4. The number of thiazole rings is 1. The molecule has 0 amide bonds. The molecule has 6 heteroatoms. The molecule has 3 heterocycles. The van der Waals surface area contributed by atoms with Gasteiger partial charge in [0, 0.05) is 17.8 Å². The maximum Gasteiger partial charge on any atom is 0.137 e. The third-order valence-electron chi connectivity index (χ3n) is 2.66. The number of hydrogen-bond donors (Lipinski definition) is 1. The molecule has 0 saturated carbocycles. The van der Waals surface area contributed by atoms with E-state index >= 15 is 0 Å². The first-order chi connectivity index (χ1) is 9.31. The van der Waals surface area contributed by atoms with Crippen molar-refractivity contribution in [3.8, 4) is 5.82 Å². The Hall–Kier alpha value is -2.21. The van der Waals surface area contributed by atoms with Gasteiger partial charge in [-0.05, 0) is 19.1 Å². The molecule has 0 aliphatic rings. The third kappa shape index (κ3) is 2.79. The molecule has 0 aromatic carbocycles. The summed E-state index contributed by atoms with van der Waals surface area (Å²) < 4.78 is 1.87.